The summed E-state index contributed by atoms with van der Waals surface area (Å²) in [5, 5.41) is 2.23. The molecule has 0 spiro atoms. The Morgan fingerprint density at radius 3 is 2.72 bits per heavy atom. The van der Waals surface area contributed by atoms with E-state index in [-0.39, 0.29) is 12.5 Å². The summed E-state index contributed by atoms with van der Waals surface area (Å²) in [5.74, 6) is -0.314. The van der Waals surface area contributed by atoms with Gasteiger partial charge in [0.25, 0.3) is 0 Å². The molecule has 1 aromatic heterocycles. The number of carbonyl (C=O) groups excluding carboxylic acids is 2. The van der Waals surface area contributed by atoms with Crippen LogP contribution in [0.3, 0.4) is 0 Å². The minimum atomic E-state index is -0.427. The highest BCUT2D eigenvalue weighted by Gasteiger charge is 2.29. The van der Waals surface area contributed by atoms with Crippen molar-refractivity contribution in [2.45, 2.75) is 0 Å². The number of imide groups is 1. The third-order valence-electron chi connectivity index (χ3n) is 2.64. The molecule has 18 heavy (non-hydrogen) atoms. The number of nitrogens with zero attached hydrogens (tertiary/aromatic N) is 3. The van der Waals surface area contributed by atoms with E-state index in [1.54, 1.807) is 24.5 Å². The number of fused-ring (bicyclic) bond motifs is 1. The van der Waals surface area contributed by atoms with Gasteiger partial charge in [-0.05, 0) is 28.1 Å². The van der Waals surface area contributed by atoms with Gasteiger partial charge in [0.05, 0.1) is 15.7 Å². The fourth-order valence-corrected chi connectivity index (χ4v) is 2.49. The van der Waals surface area contributed by atoms with E-state index in [4.69, 9.17) is 0 Å². The molecule has 3 amide bonds. The van der Waals surface area contributed by atoms with Crippen LogP contribution < -0.4 is 10.2 Å². The lowest BCUT2D eigenvalue weighted by molar-refractivity contribution is -0.117. The van der Waals surface area contributed by atoms with Gasteiger partial charge in [-0.3, -0.25) is 25.0 Å². The van der Waals surface area contributed by atoms with Crippen LogP contribution in [0.2, 0.25) is 0 Å². The third kappa shape index (κ3) is 1.63. The topological polar surface area (TPSA) is 75.2 Å². The second kappa shape index (κ2) is 4.02. The first-order valence-corrected chi connectivity index (χ1v) is 5.96. The van der Waals surface area contributed by atoms with Gasteiger partial charge >= 0.3 is 6.03 Å². The van der Waals surface area contributed by atoms with Crippen molar-refractivity contribution < 1.29 is 9.59 Å². The Morgan fingerprint density at radius 1 is 1.22 bits per heavy atom. The smallest absolute Gasteiger partial charge is 0.283 e. The SMILES string of the molecule is O=C1CN(c2ccc3nccnc3c2Br)C(=O)N1. The number of carbonyl (C=O) groups is 2. The Morgan fingerprint density at radius 2 is 2.00 bits per heavy atom. The minimum Gasteiger partial charge on any atom is -0.283 e. The maximum absolute atomic E-state index is 11.6. The Bertz CT molecular complexity index is 673. The van der Waals surface area contributed by atoms with Gasteiger partial charge in [-0.15, -0.1) is 0 Å². The lowest BCUT2D eigenvalue weighted by Gasteiger charge is -2.15. The average molecular weight is 307 g/mol. The van der Waals surface area contributed by atoms with Crippen molar-refractivity contribution in [3.05, 3.63) is 29.0 Å². The van der Waals surface area contributed by atoms with Crippen LogP contribution in [-0.4, -0.2) is 28.5 Å². The lowest BCUT2D eigenvalue weighted by Crippen LogP contribution is -2.28. The van der Waals surface area contributed by atoms with Gasteiger partial charge in [-0.2, -0.15) is 0 Å². The number of nitrogens with one attached hydrogen (secondary N) is 1. The molecule has 7 heteroatoms. The zero-order valence-electron chi connectivity index (χ0n) is 9.05. The van der Waals surface area contributed by atoms with E-state index in [2.05, 4.69) is 31.2 Å². The zero-order chi connectivity index (χ0) is 12.7. The van der Waals surface area contributed by atoms with Crippen LogP contribution in [0.1, 0.15) is 0 Å². The lowest BCUT2D eigenvalue weighted by atomic mass is 10.2. The fraction of sp³-hybridized carbons (Fsp3) is 0.0909. The summed E-state index contributed by atoms with van der Waals surface area (Å²) in [6.45, 7) is 0.0171. The number of hydrogen-bond donors (Lipinski definition) is 1. The van der Waals surface area contributed by atoms with Crippen molar-refractivity contribution in [3.8, 4) is 0 Å². The van der Waals surface area contributed by atoms with Gasteiger partial charge in [0.1, 0.15) is 12.1 Å². The largest absolute Gasteiger partial charge is 0.329 e. The number of anilines is 1. The summed E-state index contributed by atoms with van der Waals surface area (Å²) in [5.41, 5.74) is 1.98. The van der Waals surface area contributed by atoms with Crippen LogP contribution in [0.5, 0.6) is 0 Å². The first-order valence-electron chi connectivity index (χ1n) is 5.17. The molecule has 1 aliphatic rings. The molecule has 1 saturated heterocycles. The average Bonchev–Trinajstić information content (AvgIpc) is 2.69. The van der Waals surface area contributed by atoms with Crippen molar-refractivity contribution in [1.82, 2.24) is 15.3 Å². The summed E-state index contributed by atoms with van der Waals surface area (Å²) in [4.78, 5) is 32.5. The van der Waals surface area contributed by atoms with Gasteiger partial charge < -0.3 is 0 Å². The first-order chi connectivity index (χ1) is 8.66. The molecule has 1 N–H and O–H groups in total. The van der Waals surface area contributed by atoms with Crippen molar-refractivity contribution in [2.75, 3.05) is 11.4 Å². The molecule has 0 atom stereocenters. The molecule has 0 saturated carbocycles. The molecular formula is C11H7BrN4O2. The number of urea groups is 1. The number of aromatic nitrogens is 2. The van der Waals surface area contributed by atoms with Crippen LogP contribution in [0.25, 0.3) is 11.0 Å². The Hall–Kier alpha value is -2.02. The molecule has 90 valence electrons. The molecule has 1 aliphatic heterocycles. The summed E-state index contributed by atoms with van der Waals surface area (Å²) < 4.78 is 0.651. The highest BCUT2D eigenvalue weighted by Crippen LogP contribution is 2.32. The minimum absolute atomic E-state index is 0.0171. The van der Waals surface area contributed by atoms with Crippen molar-refractivity contribution >= 4 is 44.6 Å². The first kappa shape index (κ1) is 11.1. The molecule has 1 fully saturated rings. The normalized spacial score (nSPS) is 15.3. The maximum Gasteiger partial charge on any atom is 0.329 e. The highest BCUT2D eigenvalue weighted by atomic mass is 79.9. The second-order valence-corrected chi connectivity index (χ2v) is 4.56. The summed E-state index contributed by atoms with van der Waals surface area (Å²) in [6.07, 6.45) is 3.17. The maximum atomic E-state index is 11.6. The Labute approximate surface area is 110 Å². The van der Waals surface area contributed by atoms with Gasteiger partial charge in [0.15, 0.2) is 0 Å². The molecule has 2 heterocycles. The van der Waals surface area contributed by atoms with Crippen LogP contribution in [0, 0.1) is 0 Å². The van der Waals surface area contributed by atoms with Gasteiger partial charge in [-0.25, -0.2) is 4.79 Å². The predicted molar refractivity (Wildman–Crippen MR) is 68.1 cm³/mol. The van der Waals surface area contributed by atoms with E-state index in [0.29, 0.717) is 15.7 Å². The van der Waals surface area contributed by atoms with Crippen molar-refractivity contribution in [1.29, 1.82) is 0 Å². The van der Waals surface area contributed by atoms with E-state index in [1.165, 1.54) is 4.90 Å². The number of halogens is 1. The van der Waals surface area contributed by atoms with E-state index in [0.717, 1.165) is 5.52 Å². The van der Waals surface area contributed by atoms with E-state index >= 15 is 0 Å². The zero-order valence-corrected chi connectivity index (χ0v) is 10.6. The highest BCUT2D eigenvalue weighted by molar-refractivity contribution is 9.10. The van der Waals surface area contributed by atoms with E-state index < -0.39 is 6.03 Å². The van der Waals surface area contributed by atoms with Crippen LogP contribution >= 0.6 is 15.9 Å². The molecule has 2 aromatic rings. The van der Waals surface area contributed by atoms with Gasteiger partial charge in [0, 0.05) is 12.4 Å². The predicted octanol–water partition coefficient (Wildman–Crippen LogP) is 1.45. The van der Waals surface area contributed by atoms with E-state index in [1.807, 2.05) is 0 Å². The molecule has 0 radical (unpaired) electrons. The van der Waals surface area contributed by atoms with Crippen LogP contribution in [0.4, 0.5) is 10.5 Å². The van der Waals surface area contributed by atoms with Gasteiger partial charge in [-0.1, -0.05) is 0 Å². The number of amides is 3. The standard InChI is InChI=1S/C11H7BrN4O2/c12-9-7(16-5-8(17)15-11(16)18)2-1-6-10(9)14-4-3-13-6/h1-4H,5H2,(H,15,17,18). The van der Waals surface area contributed by atoms with Crippen molar-refractivity contribution in [2.24, 2.45) is 0 Å². The summed E-state index contributed by atoms with van der Waals surface area (Å²) in [6, 6.07) is 3.07. The van der Waals surface area contributed by atoms with Crippen LogP contribution in [-0.2, 0) is 4.79 Å². The Balaban J connectivity index is 2.16. The molecule has 1 aromatic carbocycles. The summed E-state index contributed by atoms with van der Waals surface area (Å²) in [7, 11) is 0. The molecule has 0 bridgehead atoms. The van der Waals surface area contributed by atoms with Crippen LogP contribution in [0.15, 0.2) is 29.0 Å². The molecule has 0 aliphatic carbocycles. The summed E-state index contributed by atoms with van der Waals surface area (Å²) >= 11 is 3.40. The fourth-order valence-electron chi connectivity index (χ4n) is 1.84. The monoisotopic (exact) mass is 306 g/mol. The third-order valence-corrected chi connectivity index (χ3v) is 3.42. The second-order valence-electron chi connectivity index (χ2n) is 3.76. The number of benzene rings is 1. The quantitative estimate of drug-likeness (QED) is 0.809. The molecule has 6 nitrogen and oxygen atoms in total. The molecule has 0 unspecified atom stereocenters. The van der Waals surface area contributed by atoms with E-state index in [9.17, 15) is 9.59 Å². The number of rotatable bonds is 1. The molecular weight excluding hydrogens is 300 g/mol. The number of hydrogen-bond acceptors (Lipinski definition) is 4. The molecule has 3 rings (SSSR count). The Kier molecular flexibility index (Phi) is 2.48. The van der Waals surface area contributed by atoms with Gasteiger partial charge in [0.2, 0.25) is 5.91 Å². The van der Waals surface area contributed by atoms with Crippen molar-refractivity contribution in [3.63, 3.8) is 0 Å².